The Hall–Kier alpha value is -1.30. The molecule has 3 rings (SSSR count). The Morgan fingerprint density at radius 3 is 2.68 bits per heavy atom. The largest absolute Gasteiger partial charge is 0.340 e. The Morgan fingerprint density at radius 2 is 1.95 bits per heavy atom. The molecule has 0 N–H and O–H groups in total. The van der Waals surface area contributed by atoms with E-state index in [4.69, 9.17) is 0 Å². The van der Waals surface area contributed by atoms with Crippen molar-refractivity contribution < 1.29 is 8.78 Å². The summed E-state index contributed by atoms with van der Waals surface area (Å²) < 4.78 is 27.2. The van der Waals surface area contributed by atoms with Gasteiger partial charge in [0.05, 0.1) is 5.52 Å². The maximum Gasteiger partial charge on any atom is 0.251 e. The SMILES string of the molecule is FC1(F)CCN(c2ncc3ccc(Br)cc3n2)CC1. The summed E-state index contributed by atoms with van der Waals surface area (Å²) in [6.07, 6.45) is 1.47. The molecule has 0 spiro atoms. The van der Waals surface area contributed by atoms with Gasteiger partial charge in [-0.25, -0.2) is 18.7 Å². The minimum Gasteiger partial charge on any atom is -0.340 e. The van der Waals surface area contributed by atoms with Crippen LogP contribution in [0.15, 0.2) is 28.9 Å². The van der Waals surface area contributed by atoms with Gasteiger partial charge in [-0.3, -0.25) is 0 Å². The molecule has 2 aromatic rings. The molecule has 1 aliphatic heterocycles. The van der Waals surface area contributed by atoms with E-state index >= 15 is 0 Å². The lowest BCUT2D eigenvalue weighted by atomic mass is 10.1. The number of nitrogens with zero attached hydrogens (tertiary/aromatic N) is 3. The van der Waals surface area contributed by atoms with Crippen LogP contribution in [-0.2, 0) is 0 Å². The van der Waals surface area contributed by atoms with Crippen LogP contribution in [-0.4, -0.2) is 29.0 Å². The maximum atomic E-state index is 13.1. The predicted octanol–water partition coefficient (Wildman–Crippen LogP) is 3.63. The second-order valence-electron chi connectivity index (χ2n) is 4.72. The summed E-state index contributed by atoms with van der Waals surface area (Å²) in [5, 5.41) is 0.939. The average Bonchev–Trinajstić information content (AvgIpc) is 2.38. The van der Waals surface area contributed by atoms with Crippen LogP contribution in [0.1, 0.15) is 12.8 Å². The van der Waals surface area contributed by atoms with Gasteiger partial charge >= 0.3 is 0 Å². The van der Waals surface area contributed by atoms with E-state index in [1.807, 2.05) is 23.1 Å². The highest BCUT2D eigenvalue weighted by molar-refractivity contribution is 9.10. The summed E-state index contributed by atoms with van der Waals surface area (Å²) in [6.45, 7) is 0.596. The first-order chi connectivity index (χ1) is 9.03. The van der Waals surface area contributed by atoms with Gasteiger partial charge in [0.2, 0.25) is 5.95 Å². The van der Waals surface area contributed by atoms with Gasteiger partial charge in [0.1, 0.15) is 0 Å². The zero-order valence-electron chi connectivity index (χ0n) is 10.1. The van der Waals surface area contributed by atoms with E-state index in [9.17, 15) is 8.78 Å². The number of hydrogen-bond acceptors (Lipinski definition) is 3. The van der Waals surface area contributed by atoms with Gasteiger partial charge in [0.25, 0.3) is 5.92 Å². The fourth-order valence-corrected chi connectivity index (χ4v) is 2.52. The predicted molar refractivity (Wildman–Crippen MR) is 73.6 cm³/mol. The highest BCUT2D eigenvalue weighted by Gasteiger charge is 2.34. The summed E-state index contributed by atoms with van der Waals surface area (Å²) in [4.78, 5) is 10.5. The van der Waals surface area contributed by atoms with Gasteiger partial charge in [0.15, 0.2) is 0 Å². The van der Waals surface area contributed by atoms with Gasteiger partial charge in [0, 0.05) is 42.0 Å². The number of benzene rings is 1. The second kappa shape index (κ2) is 4.67. The molecule has 0 amide bonds. The fraction of sp³-hybridized carbons (Fsp3) is 0.385. The third kappa shape index (κ3) is 2.68. The molecule has 0 unspecified atom stereocenters. The van der Waals surface area contributed by atoms with Crippen LogP contribution in [0.25, 0.3) is 10.9 Å². The number of anilines is 1. The second-order valence-corrected chi connectivity index (χ2v) is 5.63. The Kier molecular flexibility index (Phi) is 3.12. The van der Waals surface area contributed by atoms with Crippen LogP contribution in [0.4, 0.5) is 14.7 Å². The molecule has 1 aliphatic rings. The van der Waals surface area contributed by atoms with Crippen molar-refractivity contribution in [3.8, 4) is 0 Å². The van der Waals surface area contributed by atoms with Crippen LogP contribution < -0.4 is 4.90 Å². The Bertz CT molecular complexity index is 608. The van der Waals surface area contributed by atoms with Crippen molar-refractivity contribution in [3.05, 3.63) is 28.9 Å². The maximum absolute atomic E-state index is 13.1. The number of alkyl halides is 2. The molecule has 1 aromatic heterocycles. The lowest BCUT2D eigenvalue weighted by Crippen LogP contribution is -2.40. The van der Waals surface area contributed by atoms with Gasteiger partial charge in [-0.1, -0.05) is 22.0 Å². The van der Waals surface area contributed by atoms with E-state index in [2.05, 4.69) is 25.9 Å². The van der Waals surface area contributed by atoms with E-state index in [-0.39, 0.29) is 12.8 Å². The van der Waals surface area contributed by atoms with E-state index in [0.29, 0.717) is 19.0 Å². The zero-order chi connectivity index (χ0) is 13.5. The van der Waals surface area contributed by atoms with Crippen molar-refractivity contribution in [1.82, 2.24) is 9.97 Å². The highest BCUT2D eigenvalue weighted by Crippen LogP contribution is 2.29. The topological polar surface area (TPSA) is 29.0 Å². The molecule has 1 saturated heterocycles. The first-order valence-electron chi connectivity index (χ1n) is 6.09. The summed E-state index contributed by atoms with van der Waals surface area (Å²) in [5.74, 6) is -2.02. The van der Waals surface area contributed by atoms with Crippen molar-refractivity contribution in [2.24, 2.45) is 0 Å². The minimum absolute atomic E-state index is 0.132. The number of rotatable bonds is 1. The van der Waals surface area contributed by atoms with Crippen molar-refractivity contribution in [2.45, 2.75) is 18.8 Å². The summed E-state index contributed by atoms with van der Waals surface area (Å²) >= 11 is 3.39. The summed E-state index contributed by atoms with van der Waals surface area (Å²) in [6, 6.07) is 5.75. The lowest BCUT2D eigenvalue weighted by Gasteiger charge is -2.31. The standard InChI is InChI=1S/C13H12BrF2N3/c14-10-2-1-9-8-17-12(18-11(9)7-10)19-5-3-13(15,16)4-6-19/h1-2,7-8H,3-6H2. The molecule has 0 radical (unpaired) electrons. The molecule has 0 saturated carbocycles. The van der Waals surface area contributed by atoms with E-state index in [1.54, 1.807) is 6.20 Å². The van der Waals surface area contributed by atoms with Crippen LogP contribution in [0, 0.1) is 0 Å². The Morgan fingerprint density at radius 1 is 1.21 bits per heavy atom. The first-order valence-corrected chi connectivity index (χ1v) is 6.88. The van der Waals surface area contributed by atoms with Crippen molar-refractivity contribution in [3.63, 3.8) is 0 Å². The van der Waals surface area contributed by atoms with E-state index in [1.165, 1.54) is 0 Å². The molecule has 6 heteroatoms. The Balaban J connectivity index is 1.89. The van der Waals surface area contributed by atoms with Crippen LogP contribution in [0.3, 0.4) is 0 Å². The molecular weight excluding hydrogens is 316 g/mol. The third-order valence-corrected chi connectivity index (χ3v) is 3.80. The molecule has 0 bridgehead atoms. The molecule has 19 heavy (non-hydrogen) atoms. The van der Waals surface area contributed by atoms with Gasteiger partial charge in [-0.2, -0.15) is 0 Å². The summed E-state index contributed by atoms with van der Waals surface area (Å²) in [5.41, 5.74) is 0.816. The van der Waals surface area contributed by atoms with Gasteiger partial charge < -0.3 is 4.90 Å². The van der Waals surface area contributed by atoms with Crippen LogP contribution in [0.5, 0.6) is 0 Å². The van der Waals surface area contributed by atoms with Gasteiger partial charge in [-0.05, 0) is 12.1 Å². The van der Waals surface area contributed by atoms with Crippen molar-refractivity contribution >= 4 is 32.8 Å². The summed E-state index contributed by atoms with van der Waals surface area (Å²) in [7, 11) is 0. The van der Waals surface area contributed by atoms with Crippen molar-refractivity contribution in [1.29, 1.82) is 0 Å². The molecule has 0 atom stereocenters. The smallest absolute Gasteiger partial charge is 0.251 e. The molecule has 100 valence electrons. The minimum atomic E-state index is -2.55. The number of hydrogen-bond donors (Lipinski definition) is 0. The molecule has 1 aromatic carbocycles. The number of piperidine rings is 1. The monoisotopic (exact) mass is 327 g/mol. The zero-order valence-corrected chi connectivity index (χ0v) is 11.7. The normalized spacial score (nSPS) is 18.8. The fourth-order valence-electron chi connectivity index (χ4n) is 2.17. The number of halogens is 3. The van der Waals surface area contributed by atoms with Crippen LogP contribution >= 0.6 is 15.9 Å². The van der Waals surface area contributed by atoms with E-state index < -0.39 is 5.92 Å². The molecule has 0 aliphatic carbocycles. The number of fused-ring (bicyclic) bond motifs is 1. The van der Waals surface area contributed by atoms with Crippen molar-refractivity contribution in [2.75, 3.05) is 18.0 Å². The molecular formula is C13H12BrF2N3. The molecule has 1 fully saturated rings. The quantitative estimate of drug-likeness (QED) is 0.800. The molecule has 3 nitrogen and oxygen atoms in total. The number of aromatic nitrogens is 2. The lowest BCUT2D eigenvalue weighted by molar-refractivity contribution is -0.0222. The molecule has 2 heterocycles. The van der Waals surface area contributed by atoms with Gasteiger partial charge in [-0.15, -0.1) is 0 Å². The third-order valence-electron chi connectivity index (χ3n) is 3.31. The first kappa shape index (κ1) is 12.7. The Labute approximate surface area is 117 Å². The van der Waals surface area contributed by atoms with Crippen LogP contribution in [0.2, 0.25) is 0 Å². The average molecular weight is 328 g/mol. The van der Waals surface area contributed by atoms with E-state index in [0.717, 1.165) is 15.4 Å². The highest BCUT2D eigenvalue weighted by atomic mass is 79.9.